The molecule has 0 fully saturated rings. The third-order valence-electron chi connectivity index (χ3n) is 3.18. The summed E-state index contributed by atoms with van der Waals surface area (Å²) in [6.07, 6.45) is 1.56. The van der Waals surface area contributed by atoms with E-state index in [-0.39, 0.29) is 12.5 Å². The summed E-state index contributed by atoms with van der Waals surface area (Å²) in [4.78, 5) is 16.5. The van der Waals surface area contributed by atoms with Gasteiger partial charge in [-0.05, 0) is 30.3 Å². The van der Waals surface area contributed by atoms with Crippen LogP contribution in [0.5, 0.6) is 5.75 Å². The maximum Gasteiger partial charge on any atom is 0.275 e. The fourth-order valence-electron chi connectivity index (χ4n) is 2.07. The van der Waals surface area contributed by atoms with Gasteiger partial charge in [-0.3, -0.25) is 4.79 Å². The topological polar surface area (TPSA) is 84.6 Å². The molecule has 0 saturated heterocycles. The van der Waals surface area contributed by atoms with Gasteiger partial charge in [-0.25, -0.2) is 4.98 Å². The number of anilines is 1. The van der Waals surface area contributed by atoms with E-state index in [2.05, 4.69) is 10.3 Å². The normalized spacial score (nSPS) is 10.5. The standard InChI is InChI=1S/C16H14N2O4S/c1-21-13-5-4-11(7-10(13)8-19)17-15(20)12-9-23-16(18-12)14-3-2-6-22-14/h2-7,9,19H,8H2,1H3,(H,17,20). The van der Waals surface area contributed by atoms with Crippen LogP contribution in [0.4, 0.5) is 5.69 Å². The van der Waals surface area contributed by atoms with Crippen molar-refractivity contribution in [2.24, 2.45) is 0 Å². The highest BCUT2D eigenvalue weighted by atomic mass is 32.1. The van der Waals surface area contributed by atoms with E-state index < -0.39 is 0 Å². The highest BCUT2D eigenvalue weighted by molar-refractivity contribution is 7.13. The van der Waals surface area contributed by atoms with Crippen LogP contribution in [0.15, 0.2) is 46.4 Å². The summed E-state index contributed by atoms with van der Waals surface area (Å²) in [5.74, 6) is 0.869. The maximum atomic E-state index is 12.3. The number of furan rings is 1. The number of thiazole rings is 1. The molecule has 3 rings (SSSR count). The first kappa shape index (κ1) is 15.3. The fraction of sp³-hybridized carbons (Fsp3) is 0.125. The molecule has 0 atom stereocenters. The number of aliphatic hydroxyl groups excluding tert-OH is 1. The van der Waals surface area contributed by atoms with Gasteiger partial charge >= 0.3 is 0 Å². The minimum Gasteiger partial charge on any atom is -0.496 e. The lowest BCUT2D eigenvalue weighted by molar-refractivity contribution is 0.102. The lowest BCUT2D eigenvalue weighted by atomic mass is 10.2. The summed E-state index contributed by atoms with van der Waals surface area (Å²) in [5.41, 5.74) is 1.47. The number of amides is 1. The Morgan fingerprint density at radius 2 is 2.30 bits per heavy atom. The highest BCUT2D eigenvalue weighted by Crippen LogP contribution is 2.25. The van der Waals surface area contributed by atoms with Gasteiger partial charge in [0, 0.05) is 16.6 Å². The van der Waals surface area contributed by atoms with Crippen LogP contribution in [-0.2, 0) is 6.61 Å². The van der Waals surface area contributed by atoms with Gasteiger partial charge in [0.15, 0.2) is 10.8 Å². The van der Waals surface area contributed by atoms with Crippen LogP contribution >= 0.6 is 11.3 Å². The minimum atomic E-state index is -0.326. The van der Waals surface area contributed by atoms with Crippen LogP contribution in [0.3, 0.4) is 0 Å². The first-order valence-electron chi connectivity index (χ1n) is 6.80. The first-order valence-corrected chi connectivity index (χ1v) is 7.67. The van der Waals surface area contributed by atoms with Crippen molar-refractivity contribution in [1.82, 2.24) is 4.98 Å². The third kappa shape index (κ3) is 3.25. The van der Waals surface area contributed by atoms with Gasteiger partial charge in [0.25, 0.3) is 5.91 Å². The Balaban J connectivity index is 1.77. The minimum absolute atomic E-state index is 0.174. The van der Waals surface area contributed by atoms with Crippen molar-refractivity contribution in [1.29, 1.82) is 0 Å². The Morgan fingerprint density at radius 3 is 3.00 bits per heavy atom. The van der Waals surface area contributed by atoms with Crippen LogP contribution < -0.4 is 10.1 Å². The molecular weight excluding hydrogens is 316 g/mol. The first-order chi connectivity index (χ1) is 11.2. The molecule has 0 spiro atoms. The number of aliphatic hydroxyl groups is 1. The van der Waals surface area contributed by atoms with E-state index >= 15 is 0 Å². The Morgan fingerprint density at radius 1 is 1.43 bits per heavy atom. The van der Waals surface area contributed by atoms with Crippen LogP contribution in [0.1, 0.15) is 16.1 Å². The van der Waals surface area contributed by atoms with Crippen molar-refractivity contribution in [3.8, 4) is 16.5 Å². The predicted molar refractivity (Wildman–Crippen MR) is 86.7 cm³/mol. The van der Waals surface area contributed by atoms with E-state index in [1.165, 1.54) is 18.4 Å². The van der Waals surface area contributed by atoms with E-state index in [1.807, 2.05) is 0 Å². The molecule has 3 aromatic rings. The second kappa shape index (κ2) is 6.64. The van der Waals surface area contributed by atoms with Gasteiger partial charge in [0.1, 0.15) is 11.4 Å². The van der Waals surface area contributed by atoms with Gasteiger partial charge in [-0.15, -0.1) is 11.3 Å². The second-order valence-electron chi connectivity index (χ2n) is 4.65. The molecule has 0 saturated carbocycles. The molecule has 0 bridgehead atoms. The van der Waals surface area contributed by atoms with E-state index in [0.717, 1.165) is 0 Å². The number of benzene rings is 1. The number of methoxy groups -OCH3 is 1. The Kier molecular flexibility index (Phi) is 4.40. The molecule has 0 unspecified atom stereocenters. The van der Waals surface area contributed by atoms with Gasteiger partial charge < -0.3 is 19.6 Å². The van der Waals surface area contributed by atoms with Crippen molar-refractivity contribution in [2.45, 2.75) is 6.61 Å². The van der Waals surface area contributed by atoms with E-state index in [4.69, 9.17) is 9.15 Å². The second-order valence-corrected chi connectivity index (χ2v) is 5.51. The van der Waals surface area contributed by atoms with Crippen LogP contribution in [0, 0.1) is 0 Å². The molecule has 2 heterocycles. The average Bonchev–Trinajstić information content (AvgIpc) is 3.25. The van der Waals surface area contributed by atoms with Crippen molar-refractivity contribution in [3.05, 3.63) is 53.2 Å². The molecule has 0 aliphatic rings. The van der Waals surface area contributed by atoms with Crippen LogP contribution in [0.25, 0.3) is 10.8 Å². The Hall–Kier alpha value is -2.64. The average molecular weight is 330 g/mol. The zero-order chi connectivity index (χ0) is 16.2. The van der Waals surface area contributed by atoms with Gasteiger partial charge in [-0.2, -0.15) is 0 Å². The predicted octanol–water partition coefficient (Wildman–Crippen LogP) is 3.16. The number of nitrogens with zero attached hydrogens (tertiary/aromatic N) is 1. The van der Waals surface area contributed by atoms with Gasteiger partial charge in [0.2, 0.25) is 0 Å². The lowest BCUT2D eigenvalue weighted by Gasteiger charge is -2.09. The van der Waals surface area contributed by atoms with Crippen molar-refractivity contribution in [3.63, 3.8) is 0 Å². The molecule has 0 aliphatic carbocycles. The molecule has 1 aromatic carbocycles. The molecule has 6 nitrogen and oxygen atoms in total. The molecular formula is C16H14N2O4S. The van der Waals surface area contributed by atoms with Crippen LogP contribution in [0.2, 0.25) is 0 Å². The lowest BCUT2D eigenvalue weighted by Crippen LogP contribution is -2.12. The number of carbonyl (C=O) groups is 1. The summed E-state index contributed by atoms with van der Waals surface area (Å²) < 4.78 is 10.4. The van der Waals surface area contributed by atoms with Crippen molar-refractivity contribution < 1.29 is 19.1 Å². The summed E-state index contributed by atoms with van der Waals surface area (Å²) >= 11 is 1.33. The van der Waals surface area contributed by atoms with Crippen molar-refractivity contribution in [2.75, 3.05) is 12.4 Å². The van der Waals surface area contributed by atoms with E-state index in [1.54, 1.807) is 42.0 Å². The Labute approximate surface area is 136 Å². The Bertz CT molecular complexity index is 811. The molecule has 7 heteroatoms. The zero-order valence-electron chi connectivity index (χ0n) is 12.3. The third-order valence-corrected chi connectivity index (χ3v) is 4.03. The molecule has 23 heavy (non-hydrogen) atoms. The van der Waals surface area contributed by atoms with Crippen molar-refractivity contribution >= 4 is 22.9 Å². The van der Waals surface area contributed by atoms with Crippen LogP contribution in [-0.4, -0.2) is 23.1 Å². The van der Waals surface area contributed by atoms with Gasteiger partial charge in [-0.1, -0.05) is 0 Å². The maximum absolute atomic E-state index is 12.3. The molecule has 0 aliphatic heterocycles. The quantitative estimate of drug-likeness (QED) is 0.750. The molecule has 118 valence electrons. The summed E-state index contributed by atoms with van der Waals surface area (Å²) in [6, 6.07) is 8.62. The number of ether oxygens (including phenoxy) is 1. The van der Waals surface area contributed by atoms with E-state index in [0.29, 0.717) is 33.5 Å². The smallest absolute Gasteiger partial charge is 0.275 e. The van der Waals surface area contributed by atoms with Gasteiger partial charge in [0.05, 0.1) is 20.0 Å². The number of rotatable bonds is 5. The fourth-order valence-corrected chi connectivity index (χ4v) is 2.83. The largest absolute Gasteiger partial charge is 0.496 e. The highest BCUT2D eigenvalue weighted by Gasteiger charge is 2.14. The number of aromatic nitrogens is 1. The summed E-state index contributed by atoms with van der Waals surface area (Å²) in [7, 11) is 1.53. The molecule has 0 radical (unpaired) electrons. The number of carbonyl (C=O) groups excluding carboxylic acids is 1. The monoisotopic (exact) mass is 330 g/mol. The number of hydrogen-bond donors (Lipinski definition) is 2. The number of nitrogens with one attached hydrogen (secondary N) is 1. The number of hydrogen-bond acceptors (Lipinski definition) is 6. The molecule has 1 amide bonds. The summed E-state index contributed by atoms with van der Waals surface area (Å²) in [6.45, 7) is -0.174. The van der Waals surface area contributed by atoms with E-state index in [9.17, 15) is 9.90 Å². The SMILES string of the molecule is COc1ccc(NC(=O)c2csc(-c3ccco3)n2)cc1CO. The zero-order valence-corrected chi connectivity index (χ0v) is 13.1. The molecule has 2 N–H and O–H groups in total. The summed E-state index contributed by atoms with van der Waals surface area (Å²) in [5, 5.41) is 14.4. The molecule has 2 aromatic heterocycles.